The first-order chi connectivity index (χ1) is 11.7. The minimum atomic E-state index is 0. The number of halogens is 1. The fraction of sp³-hybridized carbons (Fsp3) is 0.444. The zero-order valence-corrected chi connectivity index (χ0v) is 17.4. The fourth-order valence-corrected chi connectivity index (χ4v) is 2.36. The van der Waals surface area contributed by atoms with Crippen LogP contribution in [0.3, 0.4) is 0 Å². The molecule has 0 aliphatic carbocycles. The van der Waals surface area contributed by atoms with Gasteiger partial charge in [0.1, 0.15) is 5.82 Å². The normalized spacial score (nSPS) is 12.4. The van der Waals surface area contributed by atoms with Gasteiger partial charge in [0.15, 0.2) is 5.96 Å². The van der Waals surface area contributed by atoms with Crippen molar-refractivity contribution < 1.29 is 4.74 Å². The van der Waals surface area contributed by atoms with E-state index in [0.717, 1.165) is 35.8 Å². The highest BCUT2D eigenvalue weighted by molar-refractivity contribution is 14.0. The molecule has 2 rings (SSSR count). The second-order valence-corrected chi connectivity index (χ2v) is 5.58. The molecule has 0 bridgehead atoms. The summed E-state index contributed by atoms with van der Waals surface area (Å²) < 4.78 is 5.14. The van der Waals surface area contributed by atoms with Gasteiger partial charge in [-0.25, -0.2) is 4.98 Å². The van der Waals surface area contributed by atoms with Crippen LogP contribution in [0.2, 0.25) is 0 Å². The van der Waals surface area contributed by atoms with Gasteiger partial charge in [-0.15, -0.1) is 24.0 Å². The predicted octanol–water partition coefficient (Wildman–Crippen LogP) is 2.85. The Balaban J connectivity index is 0.00000312. The average Bonchev–Trinajstić information content (AvgIpc) is 2.59. The minimum Gasteiger partial charge on any atom is -0.383 e. The zero-order valence-electron chi connectivity index (χ0n) is 15.1. The van der Waals surface area contributed by atoms with Crippen molar-refractivity contribution in [1.29, 1.82) is 0 Å². The summed E-state index contributed by atoms with van der Waals surface area (Å²) in [4.78, 5) is 9.16. The number of hydrogen-bond donors (Lipinski definition) is 3. The van der Waals surface area contributed by atoms with E-state index in [2.05, 4.69) is 51.9 Å². The van der Waals surface area contributed by atoms with Crippen molar-refractivity contribution in [2.24, 2.45) is 4.99 Å². The number of fused-ring (bicyclic) bond motifs is 1. The lowest BCUT2D eigenvalue weighted by molar-refractivity contribution is 0.179. The number of hydrogen-bond acceptors (Lipinski definition) is 4. The second-order valence-electron chi connectivity index (χ2n) is 5.58. The number of para-hydroxylation sites is 1. The number of ether oxygens (including phenoxy) is 1. The van der Waals surface area contributed by atoms with Gasteiger partial charge in [-0.3, -0.25) is 4.99 Å². The van der Waals surface area contributed by atoms with E-state index in [4.69, 9.17) is 4.74 Å². The van der Waals surface area contributed by atoms with Gasteiger partial charge in [0.05, 0.1) is 18.7 Å². The summed E-state index contributed by atoms with van der Waals surface area (Å²) in [6.45, 7) is 6.96. The van der Waals surface area contributed by atoms with Crippen molar-refractivity contribution in [3.8, 4) is 0 Å². The van der Waals surface area contributed by atoms with Crippen LogP contribution in [0.1, 0.15) is 13.8 Å². The third-order valence-electron chi connectivity index (χ3n) is 3.43. The van der Waals surface area contributed by atoms with Gasteiger partial charge in [0.25, 0.3) is 0 Å². The number of aliphatic imine (C=N–C) groups is 1. The van der Waals surface area contributed by atoms with Crippen molar-refractivity contribution in [3.05, 3.63) is 36.4 Å². The summed E-state index contributed by atoms with van der Waals surface area (Å²) in [7, 11) is 1.70. The molecule has 3 N–H and O–H groups in total. The monoisotopic (exact) mass is 457 g/mol. The molecule has 0 aliphatic heterocycles. The maximum absolute atomic E-state index is 5.14. The SMILES string of the molecule is CCNC(=NCCNc1ccc2ccccc2n1)NC(C)COC.I. The van der Waals surface area contributed by atoms with Crippen LogP contribution in [0.25, 0.3) is 10.9 Å². The van der Waals surface area contributed by atoms with Crippen molar-refractivity contribution in [1.82, 2.24) is 15.6 Å². The number of nitrogens with zero attached hydrogens (tertiary/aromatic N) is 2. The Morgan fingerprint density at radius 2 is 2.04 bits per heavy atom. The van der Waals surface area contributed by atoms with E-state index in [1.165, 1.54) is 0 Å². The molecule has 0 radical (unpaired) electrons. The highest BCUT2D eigenvalue weighted by Gasteiger charge is 2.04. The summed E-state index contributed by atoms with van der Waals surface area (Å²) >= 11 is 0. The third-order valence-corrected chi connectivity index (χ3v) is 3.43. The van der Waals surface area contributed by atoms with Gasteiger partial charge in [-0.2, -0.15) is 0 Å². The molecule has 0 aliphatic rings. The number of aromatic nitrogens is 1. The molecule has 1 heterocycles. The first-order valence-corrected chi connectivity index (χ1v) is 8.36. The third kappa shape index (κ3) is 7.43. The summed E-state index contributed by atoms with van der Waals surface area (Å²) in [5, 5.41) is 11.0. The highest BCUT2D eigenvalue weighted by atomic mass is 127. The van der Waals surface area contributed by atoms with Crippen LogP contribution in [0.5, 0.6) is 0 Å². The number of guanidine groups is 1. The predicted molar refractivity (Wildman–Crippen MR) is 116 cm³/mol. The fourth-order valence-electron chi connectivity index (χ4n) is 2.36. The van der Waals surface area contributed by atoms with E-state index in [9.17, 15) is 0 Å². The Kier molecular flexibility index (Phi) is 10.2. The first-order valence-electron chi connectivity index (χ1n) is 8.36. The largest absolute Gasteiger partial charge is 0.383 e. The lowest BCUT2D eigenvalue weighted by atomic mass is 10.2. The maximum Gasteiger partial charge on any atom is 0.191 e. The van der Waals surface area contributed by atoms with Gasteiger partial charge in [0, 0.05) is 31.6 Å². The Bertz CT molecular complexity index is 665. The molecule has 0 saturated heterocycles. The van der Waals surface area contributed by atoms with Gasteiger partial charge in [-0.1, -0.05) is 18.2 Å². The Morgan fingerprint density at radius 1 is 1.24 bits per heavy atom. The van der Waals surface area contributed by atoms with Crippen LogP contribution in [-0.2, 0) is 4.74 Å². The molecule has 0 saturated carbocycles. The molecule has 7 heteroatoms. The number of methoxy groups -OCH3 is 1. The molecular formula is C18H28IN5O. The van der Waals surface area contributed by atoms with E-state index in [0.29, 0.717) is 13.2 Å². The first kappa shape index (κ1) is 21.4. The average molecular weight is 457 g/mol. The Hall–Kier alpha value is -1.61. The molecule has 1 unspecified atom stereocenters. The lowest BCUT2D eigenvalue weighted by Gasteiger charge is -2.17. The molecule has 1 aromatic heterocycles. The molecule has 0 fully saturated rings. The zero-order chi connectivity index (χ0) is 17.2. The Labute approximate surface area is 166 Å². The van der Waals surface area contributed by atoms with Crippen LogP contribution in [0.15, 0.2) is 41.4 Å². The molecule has 0 amide bonds. The molecule has 138 valence electrons. The molecule has 2 aromatic rings. The molecule has 25 heavy (non-hydrogen) atoms. The van der Waals surface area contributed by atoms with E-state index < -0.39 is 0 Å². The molecular weight excluding hydrogens is 429 g/mol. The number of rotatable bonds is 8. The van der Waals surface area contributed by atoms with Crippen molar-refractivity contribution in [2.45, 2.75) is 19.9 Å². The van der Waals surface area contributed by atoms with E-state index in [-0.39, 0.29) is 30.0 Å². The van der Waals surface area contributed by atoms with Crippen molar-refractivity contribution in [3.63, 3.8) is 0 Å². The van der Waals surface area contributed by atoms with Crippen molar-refractivity contribution >= 4 is 46.7 Å². The summed E-state index contributed by atoms with van der Waals surface area (Å²) in [5.41, 5.74) is 0.995. The number of anilines is 1. The van der Waals surface area contributed by atoms with E-state index >= 15 is 0 Å². The van der Waals surface area contributed by atoms with Crippen LogP contribution in [0.4, 0.5) is 5.82 Å². The van der Waals surface area contributed by atoms with Gasteiger partial charge < -0.3 is 20.7 Å². The van der Waals surface area contributed by atoms with Crippen LogP contribution in [0, 0.1) is 0 Å². The van der Waals surface area contributed by atoms with Crippen LogP contribution >= 0.6 is 24.0 Å². The number of pyridine rings is 1. The second kappa shape index (κ2) is 11.9. The van der Waals surface area contributed by atoms with Crippen molar-refractivity contribution in [2.75, 3.05) is 38.7 Å². The highest BCUT2D eigenvalue weighted by Crippen LogP contribution is 2.14. The molecule has 1 atom stereocenters. The van der Waals surface area contributed by atoms with Crippen LogP contribution < -0.4 is 16.0 Å². The van der Waals surface area contributed by atoms with E-state index in [1.54, 1.807) is 7.11 Å². The quantitative estimate of drug-likeness (QED) is 0.246. The topological polar surface area (TPSA) is 70.6 Å². The minimum absolute atomic E-state index is 0. The molecule has 6 nitrogen and oxygen atoms in total. The standard InChI is InChI=1S/C18H27N5O.HI/c1-4-19-18(22-14(2)13-24-3)21-12-11-20-17-10-9-15-7-5-6-8-16(15)23-17;/h5-10,14H,4,11-13H2,1-3H3,(H,20,23)(H2,19,21,22);1H. The number of benzene rings is 1. The van der Waals surface area contributed by atoms with Crippen LogP contribution in [-0.4, -0.2) is 50.3 Å². The Morgan fingerprint density at radius 3 is 2.80 bits per heavy atom. The molecule has 0 spiro atoms. The van der Waals surface area contributed by atoms with Gasteiger partial charge in [0.2, 0.25) is 0 Å². The van der Waals surface area contributed by atoms with Gasteiger partial charge in [-0.05, 0) is 32.0 Å². The maximum atomic E-state index is 5.14. The summed E-state index contributed by atoms with van der Waals surface area (Å²) in [6.07, 6.45) is 0. The molecule has 1 aromatic carbocycles. The van der Waals surface area contributed by atoms with Gasteiger partial charge >= 0.3 is 0 Å². The van der Waals surface area contributed by atoms with E-state index in [1.807, 2.05) is 24.3 Å². The summed E-state index contributed by atoms with van der Waals surface area (Å²) in [5.74, 6) is 1.67. The smallest absolute Gasteiger partial charge is 0.191 e. The number of nitrogens with one attached hydrogen (secondary N) is 3. The summed E-state index contributed by atoms with van der Waals surface area (Å²) in [6, 6.07) is 12.4. The lowest BCUT2D eigenvalue weighted by Crippen LogP contribution is -2.44.